The monoisotopic (exact) mass is 325 g/mol. The lowest BCUT2D eigenvalue weighted by molar-refractivity contribution is 0.316. The highest BCUT2D eigenvalue weighted by Gasteiger charge is 2.29. The van der Waals surface area contributed by atoms with Crippen molar-refractivity contribution < 1.29 is 17.2 Å². The van der Waals surface area contributed by atoms with E-state index in [0.717, 1.165) is 12.1 Å². The highest BCUT2D eigenvalue weighted by molar-refractivity contribution is 7.89. The molecule has 0 N–H and O–H groups in total. The van der Waals surface area contributed by atoms with Crippen molar-refractivity contribution in [2.45, 2.75) is 37.6 Å². The molecule has 0 aliphatic rings. The van der Waals surface area contributed by atoms with Crippen LogP contribution in [0.5, 0.6) is 0 Å². The van der Waals surface area contributed by atoms with Crippen molar-refractivity contribution in [3.05, 3.63) is 29.8 Å². The van der Waals surface area contributed by atoms with Crippen LogP contribution >= 0.6 is 11.6 Å². The maximum absolute atomic E-state index is 13.2. The Morgan fingerprint density at radius 2 is 1.80 bits per heavy atom. The van der Waals surface area contributed by atoms with Crippen molar-refractivity contribution in [3.8, 4) is 0 Å². The Morgan fingerprint density at radius 3 is 2.25 bits per heavy atom. The molecule has 1 rings (SSSR count). The predicted molar refractivity (Wildman–Crippen MR) is 75.3 cm³/mol. The van der Waals surface area contributed by atoms with E-state index in [2.05, 4.69) is 0 Å². The van der Waals surface area contributed by atoms with Gasteiger partial charge in [-0.25, -0.2) is 17.2 Å². The van der Waals surface area contributed by atoms with Gasteiger partial charge >= 0.3 is 0 Å². The Kier molecular flexibility index (Phi) is 6.36. The summed E-state index contributed by atoms with van der Waals surface area (Å²) < 4.78 is 52.5. The van der Waals surface area contributed by atoms with E-state index in [9.17, 15) is 17.2 Å². The summed E-state index contributed by atoms with van der Waals surface area (Å²) >= 11 is 5.66. The molecule has 1 aromatic rings. The highest BCUT2D eigenvalue weighted by Crippen LogP contribution is 2.22. The SMILES string of the molecule is CCC(CC)N(CCCl)S(=O)(=O)c1ccc(F)c(F)c1. The summed E-state index contributed by atoms with van der Waals surface area (Å²) in [5.41, 5.74) is 0. The third kappa shape index (κ3) is 3.68. The molecule has 114 valence electrons. The zero-order valence-electron chi connectivity index (χ0n) is 11.4. The Labute approximate surface area is 123 Å². The maximum Gasteiger partial charge on any atom is 0.243 e. The van der Waals surface area contributed by atoms with Gasteiger partial charge in [-0.05, 0) is 31.0 Å². The Balaban J connectivity index is 3.24. The van der Waals surface area contributed by atoms with Crippen molar-refractivity contribution in [2.24, 2.45) is 0 Å². The van der Waals surface area contributed by atoms with Gasteiger partial charge in [0.25, 0.3) is 0 Å². The van der Waals surface area contributed by atoms with Gasteiger partial charge in [-0.1, -0.05) is 13.8 Å². The molecule has 0 unspecified atom stereocenters. The van der Waals surface area contributed by atoms with Gasteiger partial charge in [0, 0.05) is 18.5 Å². The van der Waals surface area contributed by atoms with Crippen molar-refractivity contribution in [1.82, 2.24) is 4.31 Å². The second-order valence-electron chi connectivity index (χ2n) is 4.35. The minimum atomic E-state index is -3.88. The van der Waals surface area contributed by atoms with E-state index in [4.69, 9.17) is 11.6 Å². The molecule has 0 amide bonds. The summed E-state index contributed by atoms with van der Waals surface area (Å²) in [5.74, 6) is -2.11. The van der Waals surface area contributed by atoms with Crippen LogP contribution in [0.1, 0.15) is 26.7 Å². The fraction of sp³-hybridized carbons (Fsp3) is 0.538. The Bertz CT molecular complexity index is 547. The first-order chi connectivity index (χ1) is 9.38. The first kappa shape index (κ1) is 17.3. The molecular weight excluding hydrogens is 308 g/mol. The van der Waals surface area contributed by atoms with Crippen LogP contribution in [0.3, 0.4) is 0 Å². The molecule has 0 fully saturated rings. The number of sulfonamides is 1. The van der Waals surface area contributed by atoms with Crippen molar-refractivity contribution >= 4 is 21.6 Å². The van der Waals surface area contributed by atoms with Gasteiger partial charge in [0.15, 0.2) is 11.6 Å². The maximum atomic E-state index is 13.2. The lowest BCUT2D eigenvalue weighted by atomic mass is 10.2. The van der Waals surface area contributed by atoms with Crippen molar-refractivity contribution in [1.29, 1.82) is 0 Å². The summed E-state index contributed by atoms with van der Waals surface area (Å²) in [6.07, 6.45) is 1.24. The zero-order chi connectivity index (χ0) is 15.3. The first-order valence-electron chi connectivity index (χ1n) is 6.41. The average Bonchev–Trinajstić information content (AvgIpc) is 2.42. The van der Waals surface area contributed by atoms with Gasteiger partial charge in [0.1, 0.15) is 0 Å². The number of rotatable bonds is 7. The van der Waals surface area contributed by atoms with Crippen LogP contribution in [0.15, 0.2) is 23.1 Å². The molecule has 1 aromatic carbocycles. The second-order valence-corrected chi connectivity index (χ2v) is 6.62. The quantitative estimate of drug-likeness (QED) is 0.721. The number of nitrogens with zero attached hydrogens (tertiary/aromatic N) is 1. The molecule has 0 aliphatic heterocycles. The normalized spacial score (nSPS) is 12.3. The van der Waals surface area contributed by atoms with Crippen LogP contribution < -0.4 is 0 Å². The smallest absolute Gasteiger partial charge is 0.207 e. The van der Waals surface area contributed by atoms with Crippen LogP contribution in [0.4, 0.5) is 8.78 Å². The molecule has 0 aromatic heterocycles. The van der Waals surface area contributed by atoms with Gasteiger partial charge < -0.3 is 0 Å². The summed E-state index contributed by atoms with van der Waals surface area (Å²) in [4.78, 5) is -0.256. The Morgan fingerprint density at radius 1 is 1.20 bits per heavy atom. The van der Waals surface area contributed by atoms with E-state index in [0.29, 0.717) is 18.9 Å². The van der Waals surface area contributed by atoms with E-state index in [-0.39, 0.29) is 23.4 Å². The number of hydrogen-bond donors (Lipinski definition) is 0. The third-order valence-corrected chi connectivity index (χ3v) is 5.27. The number of halogens is 3. The topological polar surface area (TPSA) is 37.4 Å². The van der Waals surface area contributed by atoms with Crippen molar-refractivity contribution in [3.63, 3.8) is 0 Å². The molecular formula is C13H18ClF2NO2S. The number of benzene rings is 1. The van der Waals surface area contributed by atoms with Gasteiger partial charge in [-0.15, -0.1) is 11.6 Å². The molecule has 0 aliphatic carbocycles. The summed E-state index contributed by atoms with van der Waals surface area (Å²) in [6.45, 7) is 3.88. The van der Waals surface area contributed by atoms with Crippen LogP contribution in [0.2, 0.25) is 0 Å². The largest absolute Gasteiger partial charge is 0.243 e. The van der Waals surface area contributed by atoms with Gasteiger partial charge in [0.2, 0.25) is 10.0 Å². The van der Waals surface area contributed by atoms with E-state index in [1.54, 1.807) is 0 Å². The molecule has 0 saturated carbocycles. The van der Waals surface area contributed by atoms with Crippen LogP contribution in [0.25, 0.3) is 0 Å². The summed E-state index contributed by atoms with van der Waals surface area (Å²) in [7, 11) is -3.88. The molecule has 20 heavy (non-hydrogen) atoms. The fourth-order valence-corrected chi connectivity index (χ4v) is 4.12. The van der Waals surface area contributed by atoms with Gasteiger partial charge in [-0.3, -0.25) is 0 Å². The van der Waals surface area contributed by atoms with Gasteiger partial charge in [0.05, 0.1) is 4.90 Å². The van der Waals surface area contributed by atoms with E-state index < -0.39 is 21.7 Å². The van der Waals surface area contributed by atoms with E-state index >= 15 is 0 Å². The third-order valence-electron chi connectivity index (χ3n) is 3.15. The number of alkyl halides is 1. The minimum Gasteiger partial charge on any atom is -0.207 e. The number of hydrogen-bond acceptors (Lipinski definition) is 2. The highest BCUT2D eigenvalue weighted by atomic mass is 35.5. The van der Waals surface area contributed by atoms with Crippen LogP contribution in [0, 0.1) is 11.6 Å². The molecule has 0 heterocycles. The average molecular weight is 326 g/mol. The second kappa shape index (κ2) is 7.33. The fourth-order valence-electron chi connectivity index (χ4n) is 2.05. The zero-order valence-corrected chi connectivity index (χ0v) is 13.0. The Hall–Kier alpha value is -0.720. The molecule has 0 spiro atoms. The molecule has 0 saturated heterocycles. The van der Waals surface area contributed by atoms with E-state index in [1.165, 1.54) is 4.31 Å². The first-order valence-corrected chi connectivity index (χ1v) is 8.38. The molecule has 0 radical (unpaired) electrons. The minimum absolute atomic E-state index is 0.134. The molecule has 3 nitrogen and oxygen atoms in total. The van der Waals surface area contributed by atoms with Crippen molar-refractivity contribution in [2.75, 3.05) is 12.4 Å². The van der Waals surface area contributed by atoms with E-state index in [1.807, 2.05) is 13.8 Å². The molecule has 0 bridgehead atoms. The van der Waals surface area contributed by atoms with Crippen LogP contribution in [-0.4, -0.2) is 31.2 Å². The lowest BCUT2D eigenvalue weighted by Gasteiger charge is -2.29. The summed E-state index contributed by atoms with van der Waals surface area (Å²) in [5, 5.41) is 0. The lowest BCUT2D eigenvalue weighted by Crippen LogP contribution is -2.41. The molecule has 7 heteroatoms. The molecule has 0 atom stereocenters. The van der Waals surface area contributed by atoms with Gasteiger partial charge in [-0.2, -0.15) is 4.31 Å². The predicted octanol–water partition coefficient (Wildman–Crippen LogP) is 3.38. The summed E-state index contributed by atoms with van der Waals surface area (Å²) in [6, 6.07) is 2.37. The van der Waals surface area contributed by atoms with Crippen LogP contribution in [-0.2, 0) is 10.0 Å². The standard InChI is InChI=1S/C13H18ClF2NO2S/c1-3-10(4-2)17(8-7-14)20(18,19)11-5-6-12(15)13(16)9-11/h5-6,9-10H,3-4,7-8H2,1-2H3.